The van der Waals surface area contributed by atoms with Crippen LogP contribution in [0.1, 0.15) is 37.6 Å². The van der Waals surface area contributed by atoms with E-state index < -0.39 is 0 Å². The van der Waals surface area contributed by atoms with Crippen molar-refractivity contribution in [2.45, 2.75) is 51.3 Å². The minimum Gasteiger partial charge on any atom is -0.465 e. The molecule has 0 aliphatic carbocycles. The predicted octanol–water partition coefficient (Wildman–Crippen LogP) is 4.38. The van der Waals surface area contributed by atoms with Crippen molar-refractivity contribution < 1.29 is 9.53 Å². The van der Waals surface area contributed by atoms with Gasteiger partial charge in [0.1, 0.15) is 21.4 Å². The van der Waals surface area contributed by atoms with Crippen molar-refractivity contribution in [2.24, 2.45) is 5.92 Å². The molecule has 0 amide bonds. The zero-order valence-electron chi connectivity index (χ0n) is 13.7. The number of carbonyl (C=O) groups is 1. The largest absolute Gasteiger partial charge is 0.465 e. The van der Waals surface area contributed by atoms with Gasteiger partial charge in [-0.25, -0.2) is 9.97 Å². The normalized spacial score (nSPS) is 12.8. The van der Waals surface area contributed by atoms with E-state index in [0.717, 1.165) is 21.7 Å². The van der Waals surface area contributed by atoms with Gasteiger partial charge in [0.15, 0.2) is 0 Å². The third-order valence-corrected chi connectivity index (χ3v) is 5.84. The first-order valence-electron chi connectivity index (χ1n) is 7.48. The number of rotatable bonds is 6. The number of aromatic nitrogens is 2. The summed E-state index contributed by atoms with van der Waals surface area (Å²) < 4.78 is 5.38. The number of esters is 1. The van der Waals surface area contributed by atoms with Gasteiger partial charge in [-0.05, 0) is 31.7 Å². The summed E-state index contributed by atoms with van der Waals surface area (Å²) in [5.74, 6) is 0.191. The van der Waals surface area contributed by atoms with Gasteiger partial charge in [-0.2, -0.15) is 0 Å². The van der Waals surface area contributed by atoms with Crippen LogP contribution in [-0.4, -0.2) is 27.8 Å². The Bertz CT molecular complexity index is 667. The van der Waals surface area contributed by atoms with Crippen LogP contribution in [0.15, 0.2) is 11.4 Å². The van der Waals surface area contributed by atoms with Gasteiger partial charge in [-0.1, -0.05) is 32.5 Å². The van der Waals surface area contributed by atoms with Crippen molar-refractivity contribution in [1.29, 1.82) is 0 Å². The maximum atomic E-state index is 12.2. The SMILES string of the molecule is CC[C@H](Sc1ncnc2sc(C)c(C)c12)C(=O)OCC(C)C. The molecule has 4 nitrogen and oxygen atoms in total. The average molecular weight is 338 g/mol. The van der Waals surface area contributed by atoms with Crippen LogP contribution in [-0.2, 0) is 9.53 Å². The van der Waals surface area contributed by atoms with E-state index in [-0.39, 0.29) is 11.2 Å². The Balaban J connectivity index is 2.23. The average Bonchev–Trinajstić information content (AvgIpc) is 2.78. The Labute approximate surface area is 139 Å². The fourth-order valence-corrected chi connectivity index (χ4v) is 4.15. The summed E-state index contributed by atoms with van der Waals surface area (Å²) in [7, 11) is 0. The molecular weight excluding hydrogens is 316 g/mol. The van der Waals surface area contributed by atoms with Gasteiger partial charge in [0.25, 0.3) is 0 Å². The number of hydrogen-bond donors (Lipinski definition) is 0. The van der Waals surface area contributed by atoms with Crippen molar-refractivity contribution in [1.82, 2.24) is 9.97 Å². The summed E-state index contributed by atoms with van der Waals surface area (Å²) in [6, 6.07) is 0. The molecule has 2 aromatic heterocycles. The van der Waals surface area contributed by atoms with Gasteiger partial charge >= 0.3 is 5.97 Å². The lowest BCUT2D eigenvalue weighted by Crippen LogP contribution is -2.21. The van der Waals surface area contributed by atoms with E-state index in [9.17, 15) is 4.79 Å². The maximum Gasteiger partial charge on any atom is 0.319 e. The molecule has 0 saturated heterocycles. The second-order valence-electron chi connectivity index (χ2n) is 5.68. The smallest absolute Gasteiger partial charge is 0.319 e. The highest BCUT2D eigenvalue weighted by Crippen LogP contribution is 2.36. The third-order valence-electron chi connectivity index (χ3n) is 3.38. The Morgan fingerprint density at radius 1 is 1.36 bits per heavy atom. The molecule has 0 aliphatic rings. The Hall–Kier alpha value is -1.14. The molecule has 2 heterocycles. The molecule has 0 radical (unpaired) electrons. The van der Waals surface area contributed by atoms with Crippen LogP contribution in [0.2, 0.25) is 0 Å². The van der Waals surface area contributed by atoms with Crippen molar-refractivity contribution >= 4 is 39.3 Å². The second kappa shape index (κ2) is 7.42. The van der Waals surface area contributed by atoms with Crippen LogP contribution < -0.4 is 0 Å². The third kappa shape index (κ3) is 3.79. The molecule has 22 heavy (non-hydrogen) atoms. The molecule has 120 valence electrons. The minimum atomic E-state index is -0.226. The van der Waals surface area contributed by atoms with Crippen LogP contribution in [0.3, 0.4) is 0 Å². The van der Waals surface area contributed by atoms with Gasteiger partial charge in [-0.3, -0.25) is 4.79 Å². The molecule has 6 heteroatoms. The zero-order valence-corrected chi connectivity index (χ0v) is 15.3. The topological polar surface area (TPSA) is 52.1 Å². The Kier molecular flexibility index (Phi) is 5.81. The molecule has 0 spiro atoms. The number of thiophene rings is 1. The van der Waals surface area contributed by atoms with Crippen LogP contribution in [0.25, 0.3) is 10.2 Å². The predicted molar refractivity (Wildman–Crippen MR) is 92.6 cm³/mol. The lowest BCUT2D eigenvalue weighted by atomic mass is 10.2. The van der Waals surface area contributed by atoms with Crippen LogP contribution in [0.5, 0.6) is 0 Å². The molecule has 0 aromatic carbocycles. The van der Waals surface area contributed by atoms with Crippen molar-refractivity contribution in [3.63, 3.8) is 0 Å². The van der Waals surface area contributed by atoms with Crippen molar-refractivity contribution in [2.75, 3.05) is 6.61 Å². The van der Waals surface area contributed by atoms with Crippen molar-refractivity contribution in [3.8, 4) is 0 Å². The van der Waals surface area contributed by atoms with E-state index >= 15 is 0 Å². The highest BCUT2D eigenvalue weighted by Gasteiger charge is 2.23. The van der Waals surface area contributed by atoms with Gasteiger partial charge in [0.05, 0.1) is 6.61 Å². The monoisotopic (exact) mass is 338 g/mol. The number of nitrogens with zero attached hydrogens (tertiary/aromatic N) is 2. The van der Waals surface area contributed by atoms with E-state index in [1.807, 2.05) is 20.8 Å². The minimum absolute atomic E-state index is 0.155. The van der Waals surface area contributed by atoms with Gasteiger partial charge in [0, 0.05) is 10.3 Å². The van der Waals surface area contributed by atoms with Crippen molar-refractivity contribution in [3.05, 3.63) is 16.8 Å². The number of ether oxygens (including phenoxy) is 1. The lowest BCUT2D eigenvalue weighted by Gasteiger charge is -2.15. The summed E-state index contributed by atoms with van der Waals surface area (Å²) in [6.45, 7) is 10.7. The molecule has 1 atom stereocenters. The number of carbonyl (C=O) groups excluding carboxylic acids is 1. The summed E-state index contributed by atoms with van der Waals surface area (Å²) in [5, 5.41) is 1.72. The fraction of sp³-hybridized carbons (Fsp3) is 0.562. The van der Waals surface area contributed by atoms with E-state index in [1.165, 1.54) is 22.2 Å². The van der Waals surface area contributed by atoms with Gasteiger partial charge in [0.2, 0.25) is 0 Å². The molecular formula is C16H22N2O2S2. The molecule has 2 rings (SSSR count). The molecule has 0 bridgehead atoms. The first-order valence-corrected chi connectivity index (χ1v) is 9.17. The molecule has 0 aliphatic heterocycles. The maximum absolute atomic E-state index is 12.2. The number of aryl methyl sites for hydroxylation is 2. The Morgan fingerprint density at radius 3 is 2.73 bits per heavy atom. The van der Waals surface area contributed by atoms with Crippen LogP contribution >= 0.6 is 23.1 Å². The van der Waals surface area contributed by atoms with E-state index in [2.05, 4.69) is 23.8 Å². The molecule has 0 N–H and O–H groups in total. The summed E-state index contributed by atoms with van der Waals surface area (Å²) >= 11 is 3.16. The Morgan fingerprint density at radius 2 is 2.09 bits per heavy atom. The van der Waals surface area contributed by atoms with E-state index in [1.54, 1.807) is 17.7 Å². The zero-order chi connectivity index (χ0) is 16.3. The number of thioether (sulfide) groups is 1. The summed E-state index contributed by atoms with van der Waals surface area (Å²) in [6.07, 6.45) is 2.29. The van der Waals surface area contributed by atoms with Crippen LogP contribution in [0, 0.1) is 19.8 Å². The van der Waals surface area contributed by atoms with E-state index in [0.29, 0.717) is 12.5 Å². The first kappa shape index (κ1) is 17.2. The first-order chi connectivity index (χ1) is 10.4. The highest BCUT2D eigenvalue weighted by atomic mass is 32.2. The summed E-state index contributed by atoms with van der Waals surface area (Å²) in [5.41, 5.74) is 1.20. The molecule has 0 saturated carbocycles. The number of hydrogen-bond acceptors (Lipinski definition) is 6. The summed E-state index contributed by atoms with van der Waals surface area (Å²) in [4.78, 5) is 23.2. The quantitative estimate of drug-likeness (QED) is 0.444. The molecule has 0 fully saturated rings. The molecule has 0 unspecified atom stereocenters. The van der Waals surface area contributed by atoms with Gasteiger partial charge in [-0.15, -0.1) is 11.3 Å². The van der Waals surface area contributed by atoms with Crippen LogP contribution in [0.4, 0.5) is 0 Å². The highest BCUT2D eigenvalue weighted by molar-refractivity contribution is 8.00. The molecule has 2 aromatic rings. The van der Waals surface area contributed by atoms with E-state index in [4.69, 9.17) is 4.74 Å². The number of fused-ring (bicyclic) bond motifs is 1. The van der Waals surface area contributed by atoms with Gasteiger partial charge < -0.3 is 4.74 Å². The fourth-order valence-electron chi connectivity index (χ4n) is 2.01. The standard InChI is InChI=1S/C16H22N2O2S2/c1-6-12(16(19)20-7-9(2)3)22-15-13-10(4)11(5)21-14(13)17-8-18-15/h8-9,12H,6-7H2,1-5H3/t12-/m0/s1. The second-order valence-corrected chi connectivity index (χ2v) is 8.08. The lowest BCUT2D eigenvalue weighted by molar-refractivity contribution is -0.144.